The summed E-state index contributed by atoms with van der Waals surface area (Å²) < 4.78 is 6.47. The molecule has 106 valence electrons. The molecule has 0 aliphatic carbocycles. The van der Waals surface area contributed by atoms with Crippen LogP contribution in [0.25, 0.3) is 0 Å². The Hall–Kier alpha value is -1.46. The van der Waals surface area contributed by atoms with Gasteiger partial charge in [-0.3, -0.25) is 4.79 Å². The Morgan fingerprint density at radius 2 is 2.15 bits per heavy atom. The number of hydrogen-bond acceptors (Lipinski definition) is 4. The maximum absolute atomic E-state index is 12.0. The van der Waals surface area contributed by atoms with Gasteiger partial charge in [-0.25, -0.2) is 0 Å². The third kappa shape index (κ3) is 4.02. The number of ether oxygens (including phenoxy) is 1. The van der Waals surface area contributed by atoms with Gasteiger partial charge >= 0.3 is 0 Å². The van der Waals surface area contributed by atoms with E-state index in [-0.39, 0.29) is 11.9 Å². The van der Waals surface area contributed by atoms with Crippen LogP contribution in [-0.2, 0) is 4.79 Å². The van der Waals surface area contributed by atoms with Crippen LogP contribution in [0.5, 0.6) is 5.75 Å². The molecule has 20 heavy (non-hydrogen) atoms. The minimum atomic E-state index is -0.0671. The molecule has 1 unspecified atom stereocenters. The van der Waals surface area contributed by atoms with Gasteiger partial charge in [0, 0.05) is 5.56 Å². The summed E-state index contributed by atoms with van der Waals surface area (Å²) in [6, 6.07) is 11.7. The lowest BCUT2D eigenvalue weighted by molar-refractivity contribution is -0.119. The number of benzene rings is 1. The van der Waals surface area contributed by atoms with E-state index in [9.17, 15) is 4.79 Å². The molecule has 0 spiro atoms. The summed E-state index contributed by atoms with van der Waals surface area (Å²) in [5, 5.41) is 5.01. The van der Waals surface area contributed by atoms with Crippen LogP contribution >= 0.6 is 23.1 Å². The number of amides is 1. The molecule has 2 aromatic rings. The standard InChI is InChI=1S/C15H17NO2S2/c1-11(12-6-3-4-7-13(12)18-2)16-14(17)10-20-15-8-5-9-19-15/h3-9,11H,10H2,1-2H3,(H,16,17). The van der Waals surface area contributed by atoms with Gasteiger partial charge in [-0.15, -0.1) is 23.1 Å². The Kier molecular flexibility index (Phi) is 5.49. The number of rotatable bonds is 6. The molecule has 2 rings (SSSR count). The van der Waals surface area contributed by atoms with E-state index in [4.69, 9.17) is 4.74 Å². The van der Waals surface area contributed by atoms with Crippen molar-refractivity contribution in [1.82, 2.24) is 5.32 Å². The van der Waals surface area contributed by atoms with Crippen molar-refractivity contribution in [3.05, 3.63) is 47.3 Å². The van der Waals surface area contributed by atoms with Crippen LogP contribution in [0, 0.1) is 0 Å². The van der Waals surface area contributed by atoms with Crippen LogP contribution < -0.4 is 10.1 Å². The Labute approximate surface area is 127 Å². The average molecular weight is 307 g/mol. The topological polar surface area (TPSA) is 38.3 Å². The number of carbonyl (C=O) groups excluding carboxylic acids is 1. The Bertz CT molecular complexity index is 555. The van der Waals surface area contributed by atoms with E-state index in [1.54, 1.807) is 30.2 Å². The Balaban J connectivity index is 1.90. The summed E-state index contributed by atoms with van der Waals surface area (Å²) in [5.41, 5.74) is 0.990. The first-order valence-electron chi connectivity index (χ1n) is 6.29. The van der Waals surface area contributed by atoms with Gasteiger partial charge in [0.25, 0.3) is 0 Å². The second-order valence-electron chi connectivity index (χ2n) is 4.25. The molecule has 1 aromatic carbocycles. The highest BCUT2D eigenvalue weighted by Gasteiger charge is 2.13. The van der Waals surface area contributed by atoms with Gasteiger partial charge in [0.05, 0.1) is 23.1 Å². The lowest BCUT2D eigenvalue weighted by atomic mass is 10.1. The third-order valence-corrected chi connectivity index (χ3v) is 4.95. The average Bonchev–Trinajstić information content (AvgIpc) is 2.98. The van der Waals surface area contributed by atoms with E-state index in [1.165, 1.54) is 0 Å². The molecule has 1 aromatic heterocycles. The molecule has 0 radical (unpaired) electrons. The Morgan fingerprint density at radius 1 is 1.35 bits per heavy atom. The summed E-state index contributed by atoms with van der Waals surface area (Å²) >= 11 is 3.21. The zero-order valence-corrected chi connectivity index (χ0v) is 13.1. The lowest BCUT2D eigenvalue weighted by Gasteiger charge is -2.17. The minimum Gasteiger partial charge on any atom is -0.496 e. The highest BCUT2D eigenvalue weighted by molar-refractivity contribution is 8.01. The lowest BCUT2D eigenvalue weighted by Crippen LogP contribution is -2.28. The largest absolute Gasteiger partial charge is 0.496 e. The molecule has 3 nitrogen and oxygen atoms in total. The van der Waals surface area contributed by atoms with E-state index in [1.807, 2.05) is 48.7 Å². The van der Waals surface area contributed by atoms with Gasteiger partial charge in [-0.2, -0.15) is 0 Å². The van der Waals surface area contributed by atoms with E-state index < -0.39 is 0 Å². The van der Waals surface area contributed by atoms with Crippen molar-refractivity contribution in [3.8, 4) is 5.75 Å². The molecular weight excluding hydrogens is 290 g/mol. The summed E-state index contributed by atoms with van der Waals surface area (Å²) in [6.07, 6.45) is 0. The normalized spacial score (nSPS) is 11.9. The molecule has 0 saturated carbocycles. The number of nitrogens with one attached hydrogen (secondary N) is 1. The van der Waals surface area contributed by atoms with Crippen LogP contribution in [0.1, 0.15) is 18.5 Å². The van der Waals surface area contributed by atoms with Gasteiger partial charge < -0.3 is 10.1 Å². The molecule has 0 aliphatic heterocycles. The predicted octanol–water partition coefficient (Wildman–Crippen LogP) is 3.73. The van der Waals surface area contributed by atoms with Crippen molar-refractivity contribution in [2.75, 3.05) is 12.9 Å². The smallest absolute Gasteiger partial charge is 0.230 e. The van der Waals surface area contributed by atoms with Gasteiger partial charge in [0.2, 0.25) is 5.91 Å². The zero-order chi connectivity index (χ0) is 14.4. The highest BCUT2D eigenvalue weighted by atomic mass is 32.2. The van der Waals surface area contributed by atoms with E-state index >= 15 is 0 Å². The molecule has 0 bridgehead atoms. The fourth-order valence-corrected chi connectivity index (χ4v) is 3.46. The molecular formula is C15H17NO2S2. The van der Waals surface area contributed by atoms with Gasteiger partial charge in [0.1, 0.15) is 5.75 Å². The molecule has 1 heterocycles. The maximum Gasteiger partial charge on any atom is 0.230 e. The highest BCUT2D eigenvalue weighted by Crippen LogP contribution is 2.25. The van der Waals surface area contributed by atoms with E-state index in [2.05, 4.69) is 5.32 Å². The van der Waals surface area contributed by atoms with Crippen LogP contribution in [0.2, 0.25) is 0 Å². The number of thioether (sulfide) groups is 1. The molecule has 1 amide bonds. The molecule has 0 fully saturated rings. The molecule has 1 atom stereocenters. The van der Waals surface area contributed by atoms with Gasteiger partial charge in [-0.05, 0) is 24.4 Å². The Morgan fingerprint density at radius 3 is 2.85 bits per heavy atom. The first-order valence-corrected chi connectivity index (χ1v) is 8.16. The molecule has 5 heteroatoms. The van der Waals surface area contributed by atoms with Crippen LogP contribution in [0.15, 0.2) is 46.0 Å². The molecule has 1 N–H and O–H groups in total. The van der Waals surface area contributed by atoms with E-state index in [0.717, 1.165) is 15.5 Å². The van der Waals surface area contributed by atoms with Gasteiger partial charge in [-0.1, -0.05) is 24.3 Å². The van der Waals surface area contributed by atoms with Crippen molar-refractivity contribution < 1.29 is 9.53 Å². The first kappa shape index (κ1) is 14.9. The summed E-state index contributed by atoms with van der Waals surface area (Å²) in [4.78, 5) is 12.0. The quantitative estimate of drug-likeness (QED) is 0.827. The van der Waals surface area contributed by atoms with Crippen LogP contribution in [-0.4, -0.2) is 18.8 Å². The number of carbonyl (C=O) groups is 1. The fourth-order valence-electron chi connectivity index (χ4n) is 1.87. The first-order chi connectivity index (χ1) is 9.70. The van der Waals surface area contributed by atoms with Crippen LogP contribution in [0.4, 0.5) is 0 Å². The monoisotopic (exact) mass is 307 g/mol. The zero-order valence-electron chi connectivity index (χ0n) is 11.5. The number of para-hydroxylation sites is 1. The van der Waals surface area contributed by atoms with Gasteiger partial charge in [0.15, 0.2) is 0 Å². The maximum atomic E-state index is 12.0. The van der Waals surface area contributed by atoms with Crippen molar-refractivity contribution in [2.45, 2.75) is 17.2 Å². The third-order valence-electron chi connectivity index (χ3n) is 2.82. The van der Waals surface area contributed by atoms with Crippen LogP contribution in [0.3, 0.4) is 0 Å². The summed E-state index contributed by atoms with van der Waals surface area (Å²) in [6.45, 7) is 1.96. The molecule has 0 saturated heterocycles. The number of thiophene rings is 1. The van der Waals surface area contributed by atoms with Crippen molar-refractivity contribution >= 4 is 29.0 Å². The van der Waals surface area contributed by atoms with Crippen molar-refractivity contribution in [3.63, 3.8) is 0 Å². The second-order valence-corrected chi connectivity index (χ2v) is 6.48. The predicted molar refractivity (Wildman–Crippen MR) is 84.6 cm³/mol. The molecule has 0 aliphatic rings. The summed E-state index contributed by atoms with van der Waals surface area (Å²) in [7, 11) is 1.64. The SMILES string of the molecule is COc1ccccc1C(C)NC(=O)CSc1cccs1. The number of methoxy groups -OCH3 is 1. The second kappa shape index (κ2) is 7.36. The number of hydrogen-bond donors (Lipinski definition) is 1. The minimum absolute atomic E-state index is 0.0295. The fraction of sp³-hybridized carbons (Fsp3) is 0.267. The summed E-state index contributed by atoms with van der Waals surface area (Å²) in [5.74, 6) is 1.26. The van der Waals surface area contributed by atoms with Crippen molar-refractivity contribution in [1.29, 1.82) is 0 Å². The van der Waals surface area contributed by atoms with E-state index in [0.29, 0.717) is 5.75 Å². The van der Waals surface area contributed by atoms with Crippen molar-refractivity contribution in [2.24, 2.45) is 0 Å².